The number of nitrogens with one attached hydrogen (secondary N) is 1. The van der Waals surface area contributed by atoms with Crippen molar-refractivity contribution in [3.05, 3.63) is 59.7 Å². The van der Waals surface area contributed by atoms with Gasteiger partial charge in [-0.25, -0.2) is 4.79 Å². The Morgan fingerprint density at radius 2 is 1.63 bits per heavy atom. The number of carbonyl (C=O) groups is 2. The van der Waals surface area contributed by atoms with Crippen LogP contribution in [0.25, 0.3) is 11.1 Å². The van der Waals surface area contributed by atoms with Crippen molar-refractivity contribution in [3.63, 3.8) is 0 Å². The van der Waals surface area contributed by atoms with Gasteiger partial charge in [0.05, 0.1) is 5.92 Å². The number of amides is 1. The number of aliphatic carboxylic acids is 1. The van der Waals surface area contributed by atoms with Crippen molar-refractivity contribution in [1.29, 1.82) is 0 Å². The molecule has 140 valence electrons. The lowest BCUT2D eigenvalue weighted by atomic mass is 9.98. The summed E-state index contributed by atoms with van der Waals surface area (Å²) in [6, 6.07) is 16.5. The van der Waals surface area contributed by atoms with Gasteiger partial charge in [-0.3, -0.25) is 4.79 Å². The van der Waals surface area contributed by atoms with Crippen LogP contribution in [0, 0.1) is 11.8 Å². The van der Waals surface area contributed by atoms with E-state index >= 15 is 0 Å². The highest BCUT2D eigenvalue weighted by atomic mass is 16.5. The maximum absolute atomic E-state index is 12.1. The maximum atomic E-state index is 12.1. The van der Waals surface area contributed by atoms with Crippen LogP contribution in [0.3, 0.4) is 0 Å². The first-order chi connectivity index (χ1) is 13.1. The Kier molecular flexibility index (Phi) is 4.84. The fourth-order valence-electron chi connectivity index (χ4n) is 4.36. The molecule has 2 atom stereocenters. The quantitative estimate of drug-likeness (QED) is 0.839. The fourth-order valence-corrected chi connectivity index (χ4v) is 4.36. The molecular formula is C22H23NO4. The number of carboxylic acids is 1. The highest BCUT2D eigenvalue weighted by molar-refractivity contribution is 5.79. The first kappa shape index (κ1) is 17.6. The topological polar surface area (TPSA) is 75.6 Å². The van der Waals surface area contributed by atoms with Gasteiger partial charge in [-0.1, -0.05) is 48.5 Å². The van der Waals surface area contributed by atoms with Crippen LogP contribution in [0.4, 0.5) is 4.79 Å². The Morgan fingerprint density at radius 3 is 2.22 bits per heavy atom. The molecule has 1 fully saturated rings. The first-order valence-electron chi connectivity index (χ1n) is 9.45. The normalized spacial score (nSPS) is 20.7. The molecule has 0 aliphatic heterocycles. The zero-order chi connectivity index (χ0) is 18.8. The molecule has 2 aliphatic carbocycles. The summed E-state index contributed by atoms with van der Waals surface area (Å²) in [5.74, 6) is -0.754. The molecule has 2 aromatic rings. The number of benzene rings is 2. The number of fused-ring (bicyclic) bond motifs is 3. The zero-order valence-electron chi connectivity index (χ0n) is 15.1. The monoisotopic (exact) mass is 365 g/mol. The van der Waals surface area contributed by atoms with Crippen molar-refractivity contribution in [2.75, 3.05) is 13.2 Å². The molecule has 0 bridgehead atoms. The molecule has 0 saturated heterocycles. The van der Waals surface area contributed by atoms with Crippen LogP contribution in [0.2, 0.25) is 0 Å². The van der Waals surface area contributed by atoms with Gasteiger partial charge in [0.1, 0.15) is 6.61 Å². The standard InChI is InChI=1S/C22H23NO4/c24-21(25)15-10-9-14(11-15)12-23-22(26)27-13-20-18-7-3-1-5-16(18)17-6-2-4-8-19(17)20/h1-8,14-15,20H,9-13H2,(H,23,26)(H,24,25)/t14-,15+/m0/s1. The van der Waals surface area contributed by atoms with E-state index in [2.05, 4.69) is 29.6 Å². The number of rotatable bonds is 5. The molecular weight excluding hydrogens is 342 g/mol. The lowest BCUT2D eigenvalue weighted by Gasteiger charge is -2.16. The lowest BCUT2D eigenvalue weighted by Crippen LogP contribution is -2.30. The van der Waals surface area contributed by atoms with Gasteiger partial charge in [0.15, 0.2) is 0 Å². The highest BCUT2D eigenvalue weighted by Gasteiger charge is 2.31. The Balaban J connectivity index is 1.34. The summed E-state index contributed by atoms with van der Waals surface area (Å²) >= 11 is 0. The lowest BCUT2D eigenvalue weighted by molar-refractivity contribution is -0.141. The van der Waals surface area contributed by atoms with Crippen molar-refractivity contribution in [2.45, 2.75) is 25.2 Å². The molecule has 2 aromatic carbocycles. The number of hydrogen-bond acceptors (Lipinski definition) is 3. The molecule has 5 heteroatoms. The summed E-state index contributed by atoms with van der Waals surface area (Å²) in [7, 11) is 0. The smallest absolute Gasteiger partial charge is 0.407 e. The summed E-state index contributed by atoms with van der Waals surface area (Å²) in [6.45, 7) is 0.767. The van der Waals surface area contributed by atoms with Crippen LogP contribution < -0.4 is 5.32 Å². The minimum Gasteiger partial charge on any atom is -0.481 e. The van der Waals surface area contributed by atoms with E-state index in [4.69, 9.17) is 9.84 Å². The van der Waals surface area contributed by atoms with E-state index in [9.17, 15) is 9.59 Å². The third-order valence-corrected chi connectivity index (χ3v) is 5.77. The number of alkyl carbamates (subject to hydrolysis) is 1. The molecule has 0 spiro atoms. The van der Waals surface area contributed by atoms with Crippen LogP contribution in [-0.2, 0) is 9.53 Å². The van der Waals surface area contributed by atoms with Crippen molar-refractivity contribution >= 4 is 12.1 Å². The maximum Gasteiger partial charge on any atom is 0.407 e. The van der Waals surface area contributed by atoms with Gasteiger partial charge in [-0.2, -0.15) is 0 Å². The third kappa shape index (κ3) is 3.54. The van der Waals surface area contributed by atoms with Crippen molar-refractivity contribution in [2.24, 2.45) is 11.8 Å². The summed E-state index contributed by atoms with van der Waals surface area (Å²) in [5.41, 5.74) is 4.78. The number of hydrogen-bond donors (Lipinski definition) is 2. The van der Waals surface area contributed by atoms with E-state index in [0.717, 1.165) is 6.42 Å². The Hall–Kier alpha value is -2.82. The molecule has 5 nitrogen and oxygen atoms in total. The molecule has 4 rings (SSSR count). The molecule has 0 heterocycles. The summed E-state index contributed by atoms with van der Waals surface area (Å²) in [5, 5.41) is 11.9. The van der Waals surface area contributed by atoms with E-state index in [1.165, 1.54) is 22.3 Å². The molecule has 1 saturated carbocycles. The molecule has 2 N–H and O–H groups in total. The molecule has 1 amide bonds. The molecule has 0 radical (unpaired) electrons. The second-order valence-corrected chi connectivity index (χ2v) is 7.42. The largest absolute Gasteiger partial charge is 0.481 e. The summed E-state index contributed by atoms with van der Waals surface area (Å²) in [4.78, 5) is 23.2. The van der Waals surface area contributed by atoms with E-state index in [1.807, 2.05) is 24.3 Å². The number of carboxylic acid groups (broad SMARTS) is 1. The molecule has 0 unspecified atom stereocenters. The van der Waals surface area contributed by atoms with Gasteiger partial charge in [0.25, 0.3) is 0 Å². The second-order valence-electron chi connectivity index (χ2n) is 7.42. The van der Waals surface area contributed by atoms with Crippen molar-refractivity contribution < 1.29 is 19.4 Å². The molecule has 0 aromatic heterocycles. The molecule has 2 aliphatic rings. The van der Waals surface area contributed by atoms with Gasteiger partial charge < -0.3 is 15.2 Å². The first-order valence-corrected chi connectivity index (χ1v) is 9.45. The predicted molar refractivity (Wildman–Crippen MR) is 102 cm³/mol. The highest BCUT2D eigenvalue weighted by Crippen LogP contribution is 2.44. The summed E-state index contributed by atoms with van der Waals surface area (Å²) in [6.07, 6.45) is 1.71. The van der Waals surface area contributed by atoms with E-state index < -0.39 is 12.1 Å². The Morgan fingerprint density at radius 1 is 1.00 bits per heavy atom. The van der Waals surface area contributed by atoms with Crippen LogP contribution >= 0.6 is 0 Å². The Labute approximate surface area is 158 Å². The predicted octanol–water partition coefficient (Wildman–Crippen LogP) is 4.03. The van der Waals surface area contributed by atoms with Crippen LogP contribution in [0.5, 0.6) is 0 Å². The minimum absolute atomic E-state index is 0.0472. The van der Waals surface area contributed by atoms with Gasteiger partial charge in [0, 0.05) is 12.5 Å². The van der Waals surface area contributed by atoms with Crippen molar-refractivity contribution in [3.8, 4) is 11.1 Å². The van der Waals surface area contributed by atoms with Gasteiger partial charge in [-0.15, -0.1) is 0 Å². The van der Waals surface area contributed by atoms with Gasteiger partial charge in [0.2, 0.25) is 0 Å². The van der Waals surface area contributed by atoms with Crippen LogP contribution in [0.1, 0.15) is 36.3 Å². The van der Waals surface area contributed by atoms with Gasteiger partial charge >= 0.3 is 12.1 Å². The number of carbonyl (C=O) groups excluding carboxylic acids is 1. The average Bonchev–Trinajstić information content (AvgIpc) is 3.28. The second kappa shape index (κ2) is 7.43. The number of ether oxygens (including phenoxy) is 1. The van der Waals surface area contributed by atoms with E-state index in [1.54, 1.807) is 0 Å². The van der Waals surface area contributed by atoms with Crippen LogP contribution in [-0.4, -0.2) is 30.3 Å². The third-order valence-electron chi connectivity index (χ3n) is 5.77. The minimum atomic E-state index is -0.737. The van der Waals surface area contributed by atoms with Crippen molar-refractivity contribution in [1.82, 2.24) is 5.32 Å². The van der Waals surface area contributed by atoms with Crippen LogP contribution in [0.15, 0.2) is 48.5 Å². The van der Waals surface area contributed by atoms with E-state index in [0.29, 0.717) is 26.0 Å². The van der Waals surface area contributed by atoms with E-state index in [-0.39, 0.29) is 17.8 Å². The SMILES string of the molecule is O=C(NC[C@H]1CC[C@@H](C(=O)O)C1)OCC1c2ccccc2-c2ccccc21. The zero-order valence-corrected chi connectivity index (χ0v) is 15.1. The Bertz CT molecular complexity index is 817. The van der Waals surface area contributed by atoms with Gasteiger partial charge in [-0.05, 0) is 47.4 Å². The summed E-state index contributed by atoms with van der Waals surface area (Å²) < 4.78 is 5.51. The fraction of sp³-hybridized carbons (Fsp3) is 0.364. The average molecular weight is 365 g/mol. The molecule has 27 heavy (non-hydrogen) atoms.